The van der Waals surface area contributed by atoms with Crippen molar-refractivity contribution in [3.05, 3.63) is 125 Å². The highest BCUT2D eigenvalue weighted by Crippen LogP contribution is 2.27. The molecule has 1 atom stereocenters. The van der Waals surface area contributed by atoms with Gasteiger partial charge in [-0.15, -0.1) is 0 Å². The lowest BCUT2D eigenvalue weighted by molar-refractivity contribution is -0.140. The van der Waals surface area contributed by atoms with E-state index < -0.39 is 28.5 Å². The zero-order valence-electron chi connectivity index (χ0n) is 27.8. The number of benzene rings is 4. The van der Waals surface area contributed by atoms with Gasteiger partial charge in [-0.3, -0.25) is 13.9 Å². The number of aryl methyl sites for hydroxylation is 2. The van der Waals surface area contributed by atoms with Crippen molar-refractivity contribution in [1.82, 2.24) is 10.2 Å². The first-order valence-corrected chi connectivity index (χ1v) is 17.4. The lowest BCUT2D eigenvalue weighted by Gasteiger charge is -2.34. The minimum Gasteiger partial charge on any atom is -0.494 e. The SMILES string of the molecule is CCOc1ccc(N(CC(=O)N(Cc2ccccc2C)[C@H](Cc2ccccc2)C(=O)NCC(C)C)S(=O)(=O)c2ccc(C)cc2)cc1. The second kappa shape index (κ2) is 16.3. The minimum atomic E-state index is -4.19. The summed E-state index contributed by atoms with van der Waals surface area (Å²) in [6.07, 6.45) is 0.260. The van der Waals surface area contributed by atoms with Gasteiger partial charge in [-0.1, -0.05) is 86.1 Å². The van der Waals surface area contributed by atoms with Gasteiger partial charge in [0.25, 0.3) is 10.0 Å². The number of hydrogen-bond acceptors (Lipinski definition) is 5. The highest BCUT2D eigenvalue weighted by atomic mass is 32.2. The van der Waals surface area contributed by atoms with Crippen molar-refractivity contribution in [2.75, 3.05) is 24.0 Å². The molecule has 0 unspecified atom stereocenters. The molecule has 0 radical (unpaired) electrons. The molecule has 0 aliphatic heterocycles. The number of carbonyl (C=O) groups excluding carboxylic acids is 2. The smallest absolute Gasteiger partial charge is 0.264 e. The van der Waals surface area contributed by atoms with Crippen molar-refractivity contribution < 1.29 is 22.7 Å². The first-order valence-electron chi connectivity index (χ1n) is 16.0. The van der Waals surface area contributed by atoms with Crippen LogP contribution in [-0.2, 0) is 32.6 Å². The molecule has 47 heavy (non-hydrogen) atoms. The summed E-state index contributed by atoms with van der Waals surface area (Å²) in [7, 11) is -4.19. The van der Waals surface area contributed by atoms with Crippen molar-refractivity contribution in [3.63, 3.8) is 0 Å². The molecule has 9 heteroatoms. The van der Waals surface area contributed by atoms with E-state index in [-0.39, 0.29) is 29.7 Å². The molecule has 4 aromatic rings. The van der Waals surface area contributed by atoms with E-state index in [1.54, 1.807) is 48.5 Å². The molecule has 0 aliphatic carbocycles. The Bertz CT molecular complexity index is 1720. The lowest BCUT2D eigenvalue weighted by atomic mass is 10.0. The molecule has 4 aromatic carbocycles. The number of sulfonamides is 1. The van der Waals surface area contributed by atoms with Crippen LogP contribution in [0.25, 0.3) is 0 Å². The number of nitrogens with zero attached hydrogens (tertiary/aromatic N) is 2. The monoisotopic (exact) mass is 655 g/mol. The summed E-state index contributed by atoms with van der Waals surface area (Å²) in [6.45, 7) is 10.2. The number of amides is 2. The fourth-order valence-electron chi connectivity index (χ4n) is 5.19. The van der Waals surface area contributed by atoms with Crippen molar-refractivity contribution in [3.8, 4) is 5.75 Å². The summed E-state index contributed by atoms with van der Waals surface area (Å²) in [6, 6.07) is 29.5. The maximum atomic E-state index is 14.6. The Labute approximate surface area is 279 Å². The van der Waals surface area contributed by atoms with Crippen molar-refractivity contribution in [1.29, 1.82) is 0 Å². The molecule has 0 bridgehead atoms. The van der Waals surface area contributed by atoms with Gasteiger partial charge < -0.3 is 15.0 Å². The van der Waals surface area contributed by atoms with Gasteiger partial charge >= 0.3 is 0 Å². The van der Waals surface area contributed by atoms with E-state index in [4.69, 9.17) is 4.74 Å². The van der Waals surface area contributed by atoms with Crippen LogP contribution in [0.2, 0.25) is 0 Å². The summed E-state index contributed by atoms with van der Waals surface area (Å²) >= 11 is 0. The number of nitrogens with one attached hydrogen (secondary N) is 1. The molecule has 4 rings (SSSR count). The molecule has 0 saturated heterocycles. The number of ether oxygens (including phenoxy) is 1. The van der Waals surface area contributed by atoms with Gasteiger partial charge in [0.2, 0.25) is 11.8 Å². The van der Waals surface area contributed by atoms with E-state index in [2.05, 4.69) is 5.32 Å². The van der Waals surface area contributed by atoms with Crippen LogP contribution in [0.4, 0.5) is 5.69 Å². The van der Waals surface area contributed by atoms with E-state index >= 15 is 0 Å². The van der Waals surface area contributed by atoms with Crippen LogP contribution in [0.3, 0.4) is 0 Å². The molecule has 248 valence electrons. The van der Waals surface area contributed by atoms with E-state index in [9.17, 15) is 18.0 Å². The predicted octanol–water partition coefficient (Wildman–Crippen LogP) is 6.31. The summed E-state index contributed by atoms with van der Waals surface area (Å²) in [5, 5.41) is 3.02. The average molecular weight is 656 g/mol. The Morgan fingerprint density at radius 3 is 2.09 bits per heavy atom. The van der Waals surface area contributed by atoms with Gasteiger partial charge in [-0.05, 0) is 79.8 Å². The molecule has 0 fully saturated rings. The van der Waals surface area contributed by atoms with Gasteiger partial charge in [0.1, 0.15) is 18.3 Å². The molecule has 0 spiro atoms. The minimum absolute atomic E-state index is 0.0609. The van der Waals surface area contributed by atoms with E-state index in [1.165, 1.54) is 4.90 Å². The van der Waals surface area contributed by atoms with Gasteiger partial charge in [-0.25, -0.2) is 8.42 Å². The molecule has 1 N–H and O–H groups in total. The summed E-state index contributed by atoms with van der Waals surface area (Å²) in [5.74, 6) is -0.00946. The molecular weight excluding hydrogens is 611 g/mol. The number of carbonyl (C=O) groups is 2. The predicted molar refractivity (Wildman–Crippen MR) is 187 cm³/mol. The highest BCUT2D eigenvalue weighted by molar-refractivity contribution is 7.92. The standard InChI is InChI=1S/C38H45N3O5S/c1-6-46-34-20-18-33(19-21-34)41(47(44,45)35-22-16-29(4)17-23-35)27-37(42)40(26-32-15-11-10-12-30(32)5)36(38(43)39-25-28(2)3)24-31-13-8-7-9-14-31/h7-23,28,36H,6,24-27H2,1-5H3,(H,39,43)/t36-/m1/s1. The largest absolute Gasteiger partial charge is 0.494 e. The van der Waals surface area contributed by atoms with Gasteiger partial charge in [0.05, 0.1) is 17.2 Å². The average Bonchev–Trinajstić information content (AvgIpc) is 3.06. The topological polar surface area (TPSA) is 96.0 Å². The van der Waals surface area contributed by atoms with Gasteiger partial charge in [-0.2, -0.15) is 0 Å². The first kappa shape index (κ1) is 35.2. The third-order valence-electron chi connectivity index (χ3n) is 7.88. The molecule has 0 aliphatic rings. The molecule has 8 nitrogen and oxygen atoms in total. The van der Waals surface area contributed by atoms with E-state index in [0.29, 0.717) is 24.6 Å². The van der Waals surface area contributed by atoms with Crippen LogP contribution < -0.4 is 14.4 Å². The zero-order chi connectivity index (χ0) is 34.0. The summed E-state index contributed by atoms with van der Waals surface area (Å²) < 4.78 is 35.2. The fraction of sp³-hybridized carbons (Fsp3) is 0.316. The maximum absolute atomic E-state index is 14.6. The third kappa shape index (κ3) is 9.45. The van der Waals surface area contributed by atoms with Crippen molar-refractivity contribution in [2.45, 2.75) is 58.5 Å². The molecule has 0 aromatic heterocycles. The summed E-state index contributed by atoms with van der Waals surface area (Å²) in [5.41, 5.74) is 3.93. The Balaban J connectivity index is 1.80. The van der Waals surface area contributed by atoms with Crippen LogP contribution >= 0.6 is 0 Å². The molecular formula is C38H45N3O5S. The normalized spacial score (nSPS) is 12.0. The first-order chi connectivity index (χ1) is 22.5. The highest BCUT2D eigenvalue weighted by Gasteiger charge is 2.35. The second-order valence-electron chi connectivity index (χ2n) is 12.0. The summed E-state index contributed by atoms with van der Waals surface area (Å²) in [4.78, 5) is 30.1. The molecule has 0 saturated carbocycles. The van der Waals surface area contributed by atoms with Crippen LogP contribution in [0, 0.1) is 19.8 Å². The van der Waals surface area contributed by atoms with E-state index in [0.717, 1.165) is 26.6 Å². The Morgan fingerprint density at radius 2 is 1.47 bits per heavy atom. The molecule has 2 amide bonds. The fourth-order valence-corrected chi connectivity index (χ4v) is 6.60. The zero-order valence-corrected chi connectivity index (χ0v) is 28.7. The van der Waals surface area contributed by atoms with Gasteiger partial charge in [0.15, 0.2) is 0 Å². The second-order valence-corrected chi connectivity index (χ2v) is 13.9. The quantitative estimate of drug-likeness (QED) is 0.162. The number of hydrogen-bond donors (Lipinski definition) is 1. The maximum Gasteiger partial charge on any atom is 0.264 e. The van der Waals surface area contributed by atoms with Crippen LogP contribution in [0.5, 0.6) is 5.75 Å². The lowest BCUT2D eigenvalue weighted by Crippen LogP contribution is -2.53. The Hall–Kier alpha value is -4.63. The van der Waals surface area contributed by atoms with E-state index in [1.807, 2.05) is 89.2 Å². The van der Waals surface area contributed by atoms with Crippen molar-refractivity contribution in [2.24, 2.45) is 5.92 Å². The van der Waals surface area contributed by atoms with Gasteiger partial charge in [0, 0.05) is 19.5 Å². The van der Waals surface area contributed by atoms with Crippen LogP contribution in [0.1, 0.15) is 43.0 Å². The Morgan fingerprint density at radius 1 is 0.830 bits per heavy atom. The number of rotatable bonds is 15. The third-order valence-corrected chi connectivity index (χ3v) is 9.67. The van der Waals surface area contributed by atoms with Crippen LogP contribution in [0.15, 0.2) is 108 Å². The molecule has 0 heterocycles. The Kier molecular flexibility index (Phi) is 12.2. The number of anilines is 1. The van der Waals surface area contributed by atoms with Crippen molar-refractivity contribution >= 4 is 27.5 Å². The van der Waals surface area contributed by atoms with Crippen LogP contribution in [-0.4, -0.2) is 50.9 Å².